The highest BCUT2D eigenvalue weighted by Crippen LogP contribution is 2.21. The van der Waals surface area contributed by atoms with Crippen molar-refractivity contribution in [1.29, 1.82) is 0 Å². The number of aliphatic hydroxyl groups excluding tert-OH is 1. The van der Waals surface area contributed by atoms with Crippen LogP contribution in [0.3, 0.4) is 0 Å². The topological polar surface area (TPSA) is 134 Å². The first kappa shape index (κ1) is 37.1. The van der Waals surface area contributed by atoms with Crippen LogP contribution in [0.1, 0.15) is 79.6 Å². The quantitative estimate of drug-likeness (QED) is 0.122. The molecule has 0 saturated carbocycles. The summed E-state index contributed by atoms with van der Waals surface area (Å²) in [6.45, 7) is 11.8. The van der Waals surface area contributed by atoms with E-state index in [2.05, 4.69) is 29.8 Å². The number of aldehydes is 1. The Labute approximate surface area is 224 Å². The normalized spacial score (nSPS) is 13.2. The Kier molecular flexibility index (Phi) is 20.1. The van der Waals surface area contributed by atoms with Crippen molar-refractivity contribution in [2.24, 2.45) is 11.3 Å². The molecule has 4 amide bonds. The van der Waals surface area contributed by atoms with Gasteiger partial charge in [0.15, 0.2) is 0 Å². The van der Waals surface area contributed by atoms with E-state index < -0.39 is 11.5 Å². The van der Waals surface area contributed by atoms with E-state index in [1.165, 1.54) is 6.42 Å². The van der Waals surface area contributed by atoms with Crippen LogP contribution in [0.25, 0.3) is 0 Å². The molecule has 0 saturated heterocycles. The molecule has 2 unspecified atom stereocenters. The van der Waals surface area contributed by atoms with Gasteiger partial charge in [-0.25, -0.2) is 9.28 Å². The van der Waals surface area contributed by atoms with Crippen LogP contribution in [0.15, 0.2) is 0 Å². The number of carbonyl (C=O) groups excluding carboxylic acids is 4. The van der Waals surface area contributed by atoms with Crippen molar-refractivity contribution in [3.8, 4) is 0 Å². The van der Waals surface area contributed by atoms with Gasteiger partial charge in [-0.2, -0.15) is 0 Å². The maximum Gasteiger partial charge on any atom is 0.416 e. The van der Waals surface area contributed by atoms with E-state index in [0.717, 1.165) is 20.0 Å². The largest absolute Gasteiger partial charge is 0.416 e. The molecule has 0 bridgehead atoms. The Morgan fingerprint density at radius 1 is 0.946 bits per heavy atom. The lowest BCUT2D eigenvalue weighted by molar-refractivity contribution is -0.787. The number of amides is 4. The van der Waals surface area contributed by atoms with Gasteiger partial charge >= 0.3 is 6.03 Å². The Morgan fingerprint density at radius 2 is 1.57 bits per heavy atom. The maximum atomic E-state index is 12.5. The number of rotatable bonds is 18. The van der Waals surface area contributed by atoms with Crippen molar-refractivity contribution in [2.75, 3.05) is 47.9 Å². The molecule has 0 aromatic rings. The molecule has 0 aliphatic rings. The molecule has 2 atom stereocenters. The lowest BCUT2D eigenvalue weighted by Gasteiger charge is -2.24. The lowest BCUT2D eigenvalue weighted by atomic mass is 9.88. The third-order valence-electron chi connectivity index (χ3n) is 5.88. The second-order valence-electron chi connectivity index (χ2n) is 11.3. The molecule has 0 aromatic heterocycles. The zero-order chi connectivity index (χ0) is 29.1. The molecule has 37 heavy (non-hydrogen) atoms. The van der Waals surface area contributed by atoms with Gasteiger partial charge in [-0.05, 0) is 38.5 Å². The lowest BCUT2D eigenvalue weighted by Crippen LogP contribution is -2.52. The number of hydrogen-bond donors (Lipinski definition) is 4. The molecule has 0 fully saturated rings. The first-order chi connectivity index (χ1) is 17.2. The predicted molar refractivity (Wildman–Crippen MR) is 147 cm³/mol. The van der Waals surface area contributed by atoms with Gasteiger partial charge in [0, 0.05) is 38.6 Å². The summed E-state index contributed by atoms with van der Waals surface area (Å²) in [7, 11) is 6.12. The third-order valence-corrected chi connectivity index (χ3v) is 5.88. The summed E-state index contributed by atoms with van der Waals surface area (Å²) in [5.41, 5.74) is -0.498. The SMILES string of the molecule is CC(C)CCCCNC(=O)C(C)(C)CCOC(C)CCNC(=O)CCC(C=O)NC(=O)[N+](C)(C)C.CO. The van der Waals surface area contributed by atoms with E-state index >= 15 is 0 Å². The summed E-state index contributed by atoms with van der Waals surface area (Å²) in [4.78, 5) is 47.7. The minimum Gasteiger partial charge on any atom is -0.400 e. The molecule has 4 N–H and O–H groups in total. The number of unbranched alkanes of at least 4 members (excludes halogenated alkanes) is 1. The van der Waals surface area contributed by atoms with Gasteiger partial charge in [0.05, 0.1) is 33.3 Å². The fraction of sp³-hybridized carbons (Fsp3) is 0.852. The van der Waals surface area contributed by atoms with Crippen LogP contribution in [0.4, 0.5) is 4.79 Å². The van der Waals surface area contributed by atoms with E-state index in [0.29, 0.717) is 44.7 Å². The number of quaternary nitrogens is 1. The van der Waals surface area contributed by atoms with Crippen molar-refractivity contribution in [2.45, 2.75) is 91.7 Å². The van der Waals surface area contributed by atoms with Crippen LogP contribution in [-0.4, -0.2) is 93.8 Å². The van der Waals surface area contributed by atoms with Gasteiger partial charge < -0.3 is 25.3 Å². The summed E-state index contributed by atoms with van der Waals surface area (Å²) in [5.74, 6) is 0.572. The minimum atomic E-state index is -0.687. The number of urea groups is 1. The number of hydrogen-bond acceptors (Lipinski definition) is 6. The van der Waals surface area contributed by atoms with E-state index in [1.807, 2.05) is 20.8 Å². The fourth-order valence-electron chi connectivity index (χ4n) is 3.15. The molecular weight excluding hydrogens is 476 g/mol. The van der Waals surface area contributed by atoms with Gasteiger partial charge in [0.1, 0.15) is 6.29 Å². The molecule has 0 aliphatic heterocycles. The van der Waals surface area contributed by atoms with Crippen molar-refractivity contribution >= 4 is 24.1 Å². The fourth-order valence-corrected chi connectivity index (χ4v) is 3.15. The monoisotopic (exact) mass is 531 g/mol. The molecule has 0 heterocycles. The maximum absolute atomic E-state index is 12.5. The standard InChI is InChI=1S/C26H50N4O5.CH4O/c1-20(2)11-9-10-16-28-24(33)26(4,5)15-18-35-21(3)14-17-27-23(32)13-12-22(19-31)29-25(34)30(6,7)8;1-2/h19-22H,9-18H2,1-8H3,(H2-,27,28,29,32,33,34);2H,1H3/p+1. The molecule has 10 nitrogen and oxygen atoms in total. The second-order valence-corrected chi connectivity index (χ2v) is 11.3. The number of aliphatic hydroxyl groups is 1. The van der Waals surface area contributed by atoms with E-state index in [9.17, 15) is 19.2 Å². The summed E-state index contributed by atoms with van der Waals surface area (Å²) in [6, 6.07) is -0.968. The van der Waals surface area contributed by atoms with Crippen LogP contribution in [0, 0.1) is 11.3 Å². The Hall–Kier alpha value is -2.04. The summed E-state index contributed by atoms with van der Waals surface area (Å²) in [5, 5.41) is 15.5. The smallest absolute Gasteiger partial charge is 0.400 e. The second kappa shape index (κ2) is 20.0. The van der Waals surface area contributed by atoms with Crippen LogP contribution in [0.2, 0.25) is 0 Å². The van der Waals surface area contributed by atoms with Gasteiger partial charge in [0.2, 0.25) is 11.8 Å². The summed E-state index contributed by atoms with van der Waals surface area (Å²) >= 11 is 0. The third kappa shape index (κ3) is 19.7. The molecule has 218 valence electrons. The molecular formula is C27H55N4O6+. The average Bonchev–Trinajstić information content (AvgIpc) is 2.81. The van der Waals surface area contributed by atoms with Gasteiger partial charge in [-0.15, -0.1) is 0 Å². The van der Waals surface area contributed by atoms with Gasteiger partial charge in [0.25, 0.3) is 0 Å². The van der Waals surface area contributed by atoms with Crippen LogP contribution in [0.5, 0.6) is 0 Å². The van der Waals surface area contributed by atoms with Crippen molar-refractivity contribution in [3.05, 3.63) is 0 Å². The number of ether oxygens (including phenoxy) is 1. The number of nitrogens with zero attached hydrogens (tertiary/aromatic N) is 1. The van der Waals surface area contributed by atoms with E-state index in [-0.39, 0.29) is 41.3 Å². The van der Waals surface area contributed by atoms with Crippen molar-refractivity contribution in [1.82, 2.24) is 16.0 Å². The average molecular weight is 532 g/mol. The Bertz CT molecular complexity index is 662. The first-order valence-electron chi connectivity index (χ1n) is 13.4. The van der Waals surface area contributed by atoms with Gasteiger partial charge in [-0.3, -0.25) is 14.9 Å². The molecule has 10 heteroatoms. The molecule has 0 aromatic carbocycles. The zero-order valence-corrected chi connectivity index (χ0v) is 24.8. The van der Waals surface area contributed by atoms with E-state index in [1.54, 1.807) is 21.1 Å². The summed E-state index contributed by atoms with van der Waals surface area (Å²) < 4.78 is 5.89. The summed E-state index contributed by atoms with van der Waals surface area (Å²) in [6.07, 6.45) is 5.57. The molecule has 0 radical (unpaired) electrons. The predicted octanol–water partition coefficient (Wildman–Crippen LogP) is 2.63. The highest BCUT2D eigenvalue weighted by molar-refractivity contribution is 5.81. The molecule has 0 spiro atoms. The van der Waals surface area contributed by atoms with Crippen molar-refractivity contribution in [3.63, 3.8) is 0 Å². The van der Waals surface area contributed by atoms with Gasteiger partial charge in [-0.1, -0.05) is 40.5 Å². The number of carbonyl (C=O) groups is 4. The highest BCUT2D eigenvalue weighted by atomic mass is 16.5. The molecule has 0 rings (SSSR count). The Balaban J connectivity index is 0. The van der Waals surface area contributed by atoms with Crippen LogP contribution in [-0.2, 0) is 19.1 Å². The number of nitrogens with one attached hydrogen (secondary N) is 3. The highest BCUT2D eigenvalue weighted by Gasteiger charge is 2.27. The van der Waals surface area contributed by atoms with Crippen LogP contribution >= 0.6 is 0 Å². The minimum absolute atomic E-state index is 0.0503. The van der Waals surface area contributed by atoms with Crippen LogP contribution < -0.4 is 16.0 Å². The first-order valence-corrected chi connectivity index (χ1v) is 13.4. The Morgan fingerprint density at radius 3 is 2.11 bits per heavy atom. The zero-order valence-electron chi connectivity index (χ0n) is 24.8. The molecule has 0 aliphatic carbocycles. The van der Waals surface area contributed by atoms with Crippen molar-refractivity contribution < 1.29 is 33.5 Å². The van der Waals surface area contributed by atoms with E-state index in [4.69, 9.17) is 9.84 Å².